The lowest BCUT2D eigenvalue weighted by atomic mass is 9.88. The third-order valence-electron chi connectivity index (χ3n) is 5.03. The zero-order valence-electron chi connectivity index (χ0n) is 14.3. The van der Waals surface area contributed by atoms with E-state index in [1.165, 1.54) is 0 Å². The minimum atomic E-state index is -0.884. The van der Waals surface area contributed by atoms with Crippen LogP contribution in [0.15, 0.2) is 53.1 Å². The van der Waals surface area contributed by atoms with Crippen LogP contribution in [0.3, 0.4) is 0 Å². The Labute approximate surface area is 156 Å². The van der Waals surface area contributed by atoms with Crippen LogP contribution in [0.5, 0.6) is 11.5 Å². The van der Waals surface area contributed by atoms with Gasteiger partial charge in [-0.2, -0.15) is 0 Å². The molecule has 6 heteroatoms. The molecule has 0 aromatic heterocycles. The summed E-state index contributed by atoms with van der Waals surface area (Å²) in [6.45, 7) is 0. The van der Waals surface area contributed by atoms with Crippen molar-refractivity contribution in [2.45, 2.75) is 31.4 Å². The fraction of sp³-hybridized carbons (Fsp3) is 0.300. The topological polar surface area (TPSA) is 61.6 Å². The van der Waals surface area contributed by atoms with Crippen molar-refractivity contribution in [2.75, 3.05) is 7.11 Å². The molecule has 2 unspecified atom stereocenters. The van der Waals surface area contributed by atoms with E-state index in [0.29, 0.717) is 29.4 Å². The lowest BCUT2D eigenvalue weighted by Gasteiger charge is -2.31. The minimum Gasteiger partial charge on any atom is -0.497 e. The standard InChI is InChI=1S/C20H18ClNO4/c1-25-13-8-6-12-7-9-19-16(15(12)10-13)11-18(22(23)24)20(26-19)14-4-2-3-5-17(14)21/h2,4,6-10,18,20H,3,5,11H2,1H3. The van der Waals surface area contributed by atoms with Gasteiger partial charge in [-0.3, -0.25) is 10.1 Å². The quantitative estimate of drug-likeness (QED) is 0.582. The summed E-state index contributed by atoms with van der Waals surface area (Å²) in [6, 6.07) is 8.69. The van der Waals surface area contributed by atoms with Crippen LogP contribution in [-0.4, -0.2) is 24.2 Å². The number of nitro groups is 1. The first-order valence-corrected chi connectivity index (χ1v) is 8.91. The van der Waals surface area contributed by atoms with Gasteiger partial charge in [0, 0.05) is 27.5 Å². The second-order valence-corrected chi connectivity index (χ2v) is 6.98. The van der Waals surface area contributed by atoms with Gasteiger partial charge < -0.3 is 9.47 Å². The van der Waals surface area contributed by atoms with E-state index in [9.17, 15) is 10.1 Å². The number of fused-ring (bicyclic) bond motifs is 3. The summed E-state index contributed by atoms with van der Waals surface area (Å²) in [5.41, 5.74) is 1.56. The molecule has 2 aromatic carbocycles. The molecule has 0 bridgehead atoms. The highest BCUT2D eigenvalue weighted by Crippen LogP contribution is 2.39. The molecule has 2 aliphatic rings. The van der Waals surface area contributed by atoms with Crippen molar-refractivity contribution in [3.63, 3.8) is 0 Å². The van der Waals surface area contributed by atoms with Gasteiger partial charge in [0.1, 0.15) is 11.5 Å². The van der Waals surface area contributed by atoms with Gasteiger partial charge in [-0.15, -0.1) is 0 Å². The highest BCUT2D eigenvalue weighted by atomic mass is 35.5. The number of halogens is 1. The molecular formula is C20H18ClNO4. The van der Waals surface area contributed by atoms with Crippen LogP contribution >= 0.6 is 11.6 Å². The first-order valence-electron chi connectivity index (χ1n) is 8.53. The third-order valence-corrected chi connectivity index (χ3v) is 5.44. The molecule has 0 radical (unpaired) electrons. The Morgan fingerprint density at radius 2 is 2.12 bits per heavy atom. The molecule has 5 nitrogen and oxygen atoms in total. The largest absolute Gasteiger partial charge is 0.497 e. The molecule has 0 spiro atoms. The van der Waals surface area contributed by atoms with Crippen LogP contribution in [-0.2, 0) is 6.42 Å². The van der Waals surface area contributed by atoms with Crippen LogP contribution in [0.4, 0.5) is 0 Å². The summed E-state index contributed by atoms with van der Waals surface area (Å²) in [7, 11) is 1.60. The second-order valence-electron chi connectivity index (χ2n) is 6.53. The smallest absolute Gasteiger partial charge is 0.257 e. The summed E-state index contributed by atoms with van der Waals surface area (Å²) in [6.07, 6.45) is 5.01. The van der Waals surface area contributed by atoms with Gasteiger partial charge in [0.2, 0.25) is 0 Å². The average molecular weight is 372 g/mol. The number of ether oxygens (including phenoxy) is 2. The molecule has 0 saturated carbocycles. The van der Waals surface area contributed by atoms with Gasteiger partial charge in [-0.05, 0) is 41.8 Å². The summed E-state index contributed by atoms with van der Waals surface area (Å²) in [4.78, 5) is 11.5. The Morgan fingerprint density at radius 1 is 1.31 bits per heavy atom. The van der Waals surface area contributed by atoms with Crippen molar-refractivity contribution in [1.82, 2.24) is 0 Å². The Morgan fingerprint density at radius 3 is 2.85 bits per heavy atom. The molecule has 0 fully saturated rings. The molecule has 1 aliphatic heterocycles. The van der Waals surface area contributed by atoms with Gasteiger partial charge in [-0.1, -0.05) is 35.9 Å². The maximum absolute atomic E-state index is 11.8. The molecule has 0 amide bonds. The molecule has 26 heavy (non-hydrogen) atoms. The summed E-state index contributed by atoms with van der Waals surface area (Å²) in [5, 5.41) is 14.4. The minimum absolute atomic E-state index is 0.258. The number of hydrogen-bond donors (Lipinski definition) is 0. The van der Waals surface area contributed by atoms with Crippen molar-refractivity contribution in [3.05, 3.63) is 68.8 Å². The zero-order valence-corrected chi connectivity index (χ0v) is 15.0. The Kier molecular flexibility index (Phi) is 4.32. The van der Waals surface area contributed by atoms with E-state index in [1.807, 2.05) is 42.5 Å². The Hall–Kier alpha value is -2.53. The monoisotopic (exact) mass is 371 g/mol. The lowest BCUT2D eigenvalue weighted by molar-refractivity contribution is -0.531. The van der Waals surface area contributed by atoms with Gasteiger partial charge >= 0.3 is 0 Å². The molecule has 2 aromatic rings. The number of methoxy groups -OCH3 is 1. The van der Waals surface area contributed by atoms with Crippen molar-refractivity contribution in [2.24, 2.45) is 0 Å². The normalized spacial score (nSPS) is 22.1. The number of nitrogens with zero attached hydrogens (tertiary/aromatic N) is 1. The van der Waals surface area contributed by atoms with Crippen molar-refractivity contribution >= 4 is 22.4 Å². The van der Waals surface area contributed by atoms with E-state index in [2.05, 4.69) is 0 Å². The maximum Gasteiger partial charge on any atom is 0.257 e. The van der Waals surface area contributed by atoms with Crippen molar-refractivity contribution in [3.8, 4) is 11.5 Å². The van der Waals surface area contributed by atoms with E-state index in [-0.39, 0.29) is 4.92 Å². The van der Waals surface area contributed by atoms with Crippen LogP contribution in [0.25, 0.3) is 10.8 Å². The molecule has 2 atom stereocenters. The number of hydrogen-bond acceptors (Lipinski definition) is 4. The zero-order chi connectivity index (χ0) is 18.3. The molecule has 0 N–H and O–H groups in total. The number of benzene rings is 2. The van der Waals surface area contributed by atoms with E-state index in [0.717, 1.165) is 28.3 Å². The second kappa shape index (κ2) is 6.65. The lowest BCUT2D eigenvalue weighted by Crippen LogP contribution is -2.44. The van der Waals surface area contributed by atoms with Gasteiger partial charge in [0.15, 0.2) is 6.10 Å². The predicted octanol–water partition coefficient (Wildman–Crippen LogP) is 4.64. The molecule has 1 heterocycles. The van der Waals surface area contributed by atoms with Crippen molar-refractivity contribution < 1.29 is 14.4 Å². The number of rotatable bonds is 3. The fourth-order valence-electron chi connectivity index (χ4n) is 3.68. The van der Waals surface area contributed by atoms with Crippen LogP contribution < -0.4 is 9.47 Å². The molecule has 4 rings (SSSR count). The predicted molar refractivity (Wildman–Crippen MR) is 101 cm³/mol. The van der Waals surface area contributed by atoms with E-state index in [4.69, 9.17) is 21.1 Å². The third kappa shape index (κ3) is 2.82. The summed E-state index contributed by atoms with van der Waals surface area (Å²) in [5.74, 6) is 1.39. The van der Waals surface area contributed by atoms with E-state index in [1.54, 1.807) is 7.11 Å². The fourth-order valence-corrected chi connectivity index (χ4v) is 3.96. The molecule has 134 valence electrons. The van der Waals surface area contributed by atoms with Gasteiger partial charge in [0.25, 0.3) is 6.04 Å². The SMILES string of the molecule is COc1ccc2ccc3c(c2c1)CC([N+](=O)[O-])C(C1=C(Cl)CCC=C1)O3. The molecule has 1 aliphatic carbocycles. The highest BCUT2D eigenvalue weighted by molar-refractivity contribution is 6.30. The van der Waals surface area contributed by atoms with Crippen LogP contribution in [0.1, 0.15) is 18.4 Å². The van der Waals surface area contributed by atoms with E-state index >= 15 is 0 Å². The summed E-state index contributed by atoms with van der Waals surface area (Å²) < 4.78 is 11.4. The Balaban J connectivity index is 1.84. The average Bonchev–Trinajstić information content (AvgIpc) is 2.66. The highest BCUT2D eigenvalue weighted by Gasteiger charge is 2.42. The van der Waals surface area contributed by atoms with E-state index < -0.39 is 12.1 Å². The molecular weight excluding hydrogens is 354 g/mol. The van der Waals surface area contributed by atoms with Crippen LogP contribution in [0, 0.1) is 10.1 Å². The number of allylic oxidation sites excluding steroid dienone is 2. The van der Waals surface area contributed by atoms with Gasteiger partial charge in [-0.25, -0.2) is 0 Å². The summed E-state index contributed by atoms with van der Waals surface area (Å²) >= 11 is 6.36. The van der Waals surface area contributed by atoms with Crippen molar-refractivity contribution in [1.29, 1.82) is 0 Å². The maximum atomic E-state index is 11.8. The Bertz CT molecular complexity index is 950. The first kappa shape index (κ1) is 16.9. The van der Waals surface area contributed by atoms with Gasteiger partial charge in [0.05, 0.1) is 7.11 Å². The molecule has 0 saturated heterocycles. The first-order chi connectivity index (χ1) is 12.6. The van der Waals surface area contributed by atoms with Crippen LogP contribution in [0.2, 0.25) is 0 Å².